The first-order valence-corrected chi connectivity index (χ1v) is 8.02. The molecule has 0 N–H and O–H groups in total. The van der Waals surface area contributed by atoms with Crippen LogP contribution in [-0.2, 0) is 0 Å². The second-order valence-corrected chi connectivity index (χ2v) is 7.28. The van der Waals surface area contributed by atoms with Crippen molar-refractivity contribution in [2.75, 3.05) is 5.88 Å². The van der Waals surface area contributed by atoms with Crippen molar-refractivity contribution in [2.45, 2.75) is 30.4 Å². The van der Waals surface area contributed by atoms with Crippen LogP contribution in [0.2, 0.25) is 0 Å². The van der Waals surface area contributed by atoms with E-state index in [0.717, 1.165) is 21.6 Å². The standard InChI is InChI=1S/C12H13ClN2O2S2/c1-7(3-4-13)18-12-5-9-11(19-8(2)14-9)6-10(12)15(16)17/h5-7H,3-4H2,1-2H3. The number of nitrogens with zero attached hydrogens (tertiary/aromatic N) is 2. The summed E-state index contributed by atoms with van der Waals surface area (Å²) < 4.78 is 0.860. The van der Waals surface area contributed by atoms with E-state index >= 15 is 0 Å². The Balaban J connectivity index is 2.44. The summed E-state index contributed by atoms with van der Waals surface area (Å²) in [5.41, 5.74) is 0.983. The number of rotatable bonds is 5. The van der Waals surface area contributed by atoms with Gasteiger partial charge in [0, 0.05) is 17.2 Å². The molecule has 0 saturated heterocycles. The maximum atomic E-state index is 11.2. The largest absolute Gasteiger partial charge is 0.284 e. The first-order chi connectivity index (χ1) is 9.01. The average molecular weight is 317 g/mol. The van der Waals surface area contributed by atoms with Crippen molar-refractivity contribution in [3.8, 4) is 0 Å². The molecule has 7 heteroatoms. The van der Waals surface area contributed by atoms with Crippen molar-refractivity contribution in [3.05, 3.63) is 27.3 Å². The SMILES string of the molecule is Cc1nc2cc(SC(C)CCCl)c([N+](=O)[O-])cc2s1. The monoisotopic (exact) mass is 316 g/mol. The summed E-state index contributed by atoms with van der Waals surface area (Å²) in [4.78, 5) is 15.9. The number of aromatic nitrogens is 1. The summed E-state index contributed by atoms with van der Waals surface area (Å²) in [5.74, 6) is 0.556. The van der Waals surface area contributed by atoms with Crippen molar-refractivity contribution in [1.29, 1.82) is 0 Å². The molecule has 1 unspecified atom stereocenters. The van der Waals surface area contributed by atoms with Gasteiger partial charge in [-0.15, -0.1) is 34.7 Å². The van der Waals surface area contributed by atoms with Crippen molar-refractivity contribution < 1.29 is 4.92 Å². The van der Waals surface area contributed by atoms with Crippen LogP contribution >= 0.6 is 34.7 Å². The second kappa shape index (κ2) is 6.07. The molecule has 1 atom stereocenters. The van der Waals surface area contributed by atoms with Gasteiger partial charge in [-0.2, -0.15) is 0 Å². The van der Waals surface area contributed by atoms with E-state index in [1.807, 2.05) is 19.9 Å². The maximum absolute atomic E-state index is 11.2. The number of benzene rings is 1. The van der Waals surface area contributed by atoms with Crippen molar-refractivity contribution in [3.63, 3.8) is 0 Å². The predicted molar refractivity (Wildman–Crippen MR) is 81.7 cm³/mol. The van der Waals surface area contributed by atoms with Gasteiger partial charge >= 0.3 is 0 Å². The molecule has 4 nitrogen and oxygen atoms in total. The van der Waals surface area contributed by atoms with E-state index in [4.69, 9.17) is 11.6 Å². The lowest BCUT2D eigenvalue weighted by Gasteiger charge is -2.09. The molecule has 0 saturated carbocycles. The molecule has 0 aliphatic carbocycles. The smallest absolute Gasteiger partial charge is 0.258 e. The van der Waals surface area contributed by atoms with E-state index in [1.54, 1.807) is 6.07 Å². The van der Waals surface area contributed by atoms with Crippen LogP contribution in [0, 0.1) is 17.0 Å². The molecule has 19 heavy (non-hydrogen) atoms. The van der Waals surface area contributed by atoms with Crippen LogP contribution in [-0.4, -0.2) is 21.0 Å². The number of halogens is 1. The number of fused-ring (bicyclic) bond motifs is 1. The molecular formula is C12H13ClN2O2S2. The fourth-order valence-electron chi connectivity index (χ4n) is 1.73. The summed E-state index contributed by atoms with van der Waals surface area (Å²) >= 11 is 8.67. The van der Waals surface area contributed by atoms with Gasteiger partial charge < -0.3 is 0 Å². The van der Waals surface area contributed by atoms with E-state index in [1.165, 1.54) is 23.1 Å². The van der Waals surface area contributed by atoms with Gasteiger partial charge in [-0.25, -0.2) is 4.98 Å². The zero-order chi connectivity index (χ0) is 14.0. The van der Waals surface area contributed by atoms with Crippen molar-refractivity contribution in [2.24, 2.45) is 0 Å². The van der Waals surface area contributed by atoms with Crippen LogP contribution < -0.4 is 0 Å². The highest BCUT2D eigenvalue weighted by atomic mass is 35.5. The summed E-state index contributed by atoms with van der Waals surface area (Å²) in [7, 11) is 0. The Morgan fingerprint density at radius 1 is 1.58 bits per heavy atom. The Labute approximate surface area is 124 Å². The van der Waals surface area contributed by atoms with E-state index < -0.39 is 0 Å². The highest BCUT2D eigenvalue weighted by Gasteiger charge is 2.19. The van der Waals surface area contributed by atoms with E-state index in [2.05, 4.69) is 4.98 Å². The first-order valence-electron chi connectivity index (χ1n) is 5.79. The van der Waals surface area contributed by atoms with Gasteiger partial charge in [-0.3, -0.25) is 10.1 Å². The number of nitro benzene ring substituents is 1. The van der Waals surface area contributed by atoms with Crippen LogP contribution in [0.3, 0.4) is 0 Å². The van der Waals surface area contributed by atoms with Crippen LogP contribution in [0.4, 0.5) is 5.69 Å². The van der Waals surface area contributed by atoms with E-state index in [0.29, 0.717) is 10.8 Å². The van der Waals surface area contributed by atoms with Crippen LogP contribution in [0.25, 0.3) is 10.2 Å². The number of thiazole rings is 1. The lowest BCUT2D eigenvalue weighted by Crippen LogP contribution is -1.98. The molecule has 2 rings (SSSR count). The molecule has 102 valence electrons. The summed E-state index contributed by atoms with van der Waals surface area (Å²) in [6.45, 7) is 3.92. The number of aryl methyl sites for hydroxylation is 1. The number of alkyl halides is 1. The quantitative estimate of drug-likeness (QED) is 0.349. The minimum absolute atomic E-state index is 0.155. The second-order valence-electron chi connectivity index (χ2n) is 4.18. The third kappa shape index (κ3) is 3.38. The number of hydrogen-bond acceptors (Lipinski definition) is 5. The van der Waals surface area contributed by atoms with Gasteiger partial charge in [0.15, 0.2) is 0 Å². The average Bonchev–Trinajstić information content (AvgIpc) is 2.67. The van der Waals surface area contributed by atoms with Crippen LogP contribution in [0.1, 0.15) is 18.4 Å². The van der Waals surface area contributed by atoms with Gasteiger partial charge in [0.1, 0.15) is 0 Å². The molecule has 0 bridgehead atoms. The highest BCUT2D eigenvalue weighted by Crippen LogP contribution is 2.37. The van der Waals surface area contributed by atoms with Crippen molar-refractivity contribution >= 4 is 50.6 Å². The first kappa shape index (κ1) is 14.6. The number of thioether (sulfide) groups is 1. The molecule has 0 aliphatic heterocycles. The molecule has 0 spiro atoms. The normalized spacial score (nSPS) is 12.8. The maximum Gasteiger partial charge on any atom is 0.284 e. The number of hydrogen-bond donors (Lipinski definition) is 0. The Kier molecular flexibility index (Phi) is 4.65. The Morgan fingerprint density at radius 3 is 2.95 bits per heavy atom. The third-order valence-electron chi connectivity index (χ3n) is 2.62. The fraction of sp³-hybridized carbons (Fsp3) is 0.417. The van der Waals surface area contributed by atoms with Crippen LogP contribution in [0.5, 0.6) is 0 Å². The zero-order valence-corrected chi connectivity index (χ0v) is 12.9. The highest BCUT2D eigenvalue weighted by molar-refractivity contribution is 8.00. The molecule has 0 aliphatic rings. The topological polar surface area (TPSA) is 56.0 Å². The fourth-order valence-corrected chi connectivity index (χ4v) is 4.13. The Morgan fingerprint density at radius 2 is 2.32 bits per heavy atom. The molecule has 0 amide bonds. The molecule has 1 aromatic heterocycles. The lowest BCUT2D eigenvalue weighted by atomic mass is 10.3. The Bertz CT molecular complexity index is 615. The van der Waals surface area contributed by atoms with Gasteiger partial charge in [0.05, 0.1) is 25.0 Å². The van der Waals surface area contributed by atoms with Gasteiger partial charge in [0.25, 0.3) is 5.69 Å². The molecule has 0 fully saturated rings. The summed E-state index contributed by atoms with van der Waals surface area (Å²) in [6, 6.07) is 3.43. The lowest BCUT2D eigenvalue weighted by molar-refractivity contribution is -0.387. The Hall–Kier alpha value is -0.850. The number of nitro groups is 1. The molecule has 2 aromatic rings. The minimum atomic E-state index is -0.329. The van der Waals surface area contributed by atoms with E-state index in [-0.39, 0.29) is 15.9 Å². The van der Waals surface area contributed by atoms with E-state index in [9.17, 15) is 10.1 Å². The summed E-state index contributed by atoms with van der Waals surface area (Å²) in [6.07, 6.45) is 0.817. The minimum Gasteiger partial charge on any atom is -0.258 e. The predicted octanol–water partition coefficient (Wildman–Crippen LogP) is 4.62. The molecule has 0 radical (unpaired) electrons. The van der Waals surface area contributed by atoms with Crippen LogP contribution in [0.15, 0.2) is 17.0 Å². The molecular weight excluding hydrogens is 304 g/mol. The zero-order valence-electron chi connectivity index (χ0n) is 10.6. The summed E-state index contributed by atoms with van der Waals surface area (Å²) in [5, 5.41) is 12.3. The third-order valence-corrected chi connectivity index (χ3v) is 4.99. The molecule has 1 aromatic carbocycles. The van der Waals surface area contributed by atoms with Gasteiger partial charge in [-0.05, 0) is 19.4 Å². The van der Waals surface area contributed by atoms with Gasteiger partial charge in [0.2, 0.25) is 0 Å². The van der Waals surface area contributed by atoms with Gasteiger partial charge in [-0.1, -0.05) is 6.92 Å². The van der Waals surface area contributed by atoms with Crippen molar-refractivity contribution in [1.82, 2.24) is 4.98 Å². The molecule has 1 heterocycles.